The Kier molecular flexibility index (Phi) is 5.38. The number of nitrogens with zero attached hydrogens (tertiary/aromatic N) is 2. The molecule has 1 aliphatic heterocycles. The van der Waals surface area contributed by atoms with E-state index in [1.807, 2.05) is 36.2 Å². The molecule has 3 rings (SSSR count). The van der Waals surface area contributed by atoms with Crippen molar-refractivity contribution in [2.75, 3.05) is 30.4 Å². The van der Waals surface area contributed by atoms with Crippen LogP contribution in [0, 0.1) is 0 Å². The molecule has 0 aromatic heterocycles. The molecule has 136 valence electrons. The topological polar surface area (TPSA) is 52.7 Å². The predicted octanol–water partition coefficient (Wildman–Crippen LogP) is 3.23. The highest BCUT2D eigenvalue weighted by Crippen LogP contribution is 2.29. The smallest absolute Gasteiger partial charge is 0.244 e. The number of carbonyl (C=O) groups is 2. The van der Waals surface area contributed by atoms with Gasteiger partial charge in [0.25, 0.3) is 0 Å². The highest BCUT2D eigenvalue weighted by Gasteiger charge is 2.26. The highest BCUT2D eigenvalue weighted by molar-refractivity contribution is 6.10. The van der Waals surface area contributed by atoms with Crippen LogP contribution >= 0.6 is 0 Å². The minimum Gasteiger partial charge on any atom is -0.323 e. The van der Waals surface area contributed by atoms with Crippen molar-refractivity contribution in [2.45, 2.75) is 26.3 Å². The fourth-order valence-electron chi connectivity index (χ4n) is 3.15. The van der Waals surface area contributed by atoms with E-state index in [2.05, 4.69) is 43.4 Å². The normalized spacial score (nSPS) is 13.7. The molecule has 2 amide bonds. The molecule has 0 aliphatic carbocycles. The molecule has 0 saturated carbocycles. The van der Waals surface area contributed by atoms with Gasteiger partial charge in [-0.1, -0.05) is 50.2 Å². The van der Waals surface area contributed by atoms with Gasteiger partial charge in [0.1, 0.15) is 6.54 Å². The minimum atomic E-state index is -0.163. The van der Waals surface area contributed by atoms with Gasteiger partial charge in [0.2, 0.25) is 11.8 Å². The molecule has 0 fully saturated rings. The molecule has 0 bridgehead atoms. The Morgan fingerprint density at radius 3 is 2.54 bits per heavy atom. The fourth-order valence-corrected chi connectivity index (χ4v) is 3.15. The molecular weight excluding hydrogens is 326 g/mol. The Morgan fingerprint density at radius 2 is 1.85 bits per heavy atom. The second-order valence-electron chi connectivity index (χ2n) is 7.11. The summed E-state index contributed by atoms with van der Waals surface area (Å²) in [6, 6.07) is 15.9. The number of para-hydroxylation sites is 2. The van der Waals surface area contributed by atoms with Crippen LogP contribution in [-0.2, 0) is 16.1 Å². The molecule has 2 aromatic carbocycles. The third kappa shape index (κ3) is 4.11. The molecule has 1 N–H and O–H groups in total. The molecule has 0 spiro atoms. The van der Waals surface area contributed by atoms with E-state index >= 15 is 0 Å². The number of carbonyl (C=O) groups excluding carboxylic acids is 2. The maximum atomic E-state index is 12.8. The number of nitrogens with one attached hydrogen (secondary N) is 1. The Balaban J connectivity index is 1.65. The lowest BCUT2D eigenvalue weighted by molar-refractivity contribution is -0.122. The van der Waals surface area contributed by atoms with Crippen molar-refractivity contribution in [3.05, 3.63) is 59.7 Å². The summed E-state index contributed by atoms with van der Waals surface area (Å²) in [6.45, 7) is 5.35. The lowest BCUT2D eigenvalue weighted by Gasteiger charge is -2.30. The van der Waals surface area contributed by atoms with Crippen molar-refractivity contribution >= 4 is 23.2 Å². The molecule has 1 heterocycles. The molecule has 5 heteroatoms. The van der Waals surface area contributed by atoms with Crippen molar-refractivity contribution in [1.82, 2.24) is 4.90 Å². The quantitative estimate of drug-likeness (QED) is 0.900. The summed E-state index contributed by atoms with van der Waals surface area (Å²) in [7, 11) is 1.92. The molecule has 5 nitrogen and oxygen atoms in total. The molecule has 0 saturated heterocycles. The molecule has 0 unspecified atom stereocenters. The van der Waals surface area contributed by atoms with Crippen molar-refractivity contribution in [2.24, 2.45) is 0 Å². The SMILES string of the molecule is CC(C)c1ccc(CN(C)CC(=O)N2CC(=O)Nc3ccccc32)cc1. The fraction of sp³-hybridized carbons (Fsp3) is 0.333. The van der Waals surface area contributed by atoms with Gasteiger partial charge in [-0.15, -0.1) is 0 Å². The number of anilines is 2. The van der Waals surface area contributed by atoms with Gasteiger partial charge in [0.05, 0.1) is 17.9 Å². The zero-order valence-electron chi connectivity index (χ0n) is 15.5. The third-order valence-electron chi connectivity index (χ3n) is 4.58. The van der Waals surface area contributed by atoms with Gasteiger partial charge in [-0.05, 0) is 36.2 Å². The maximum Gasteiger partial charge on any atom is 0.244 e. The summed E-state index contributed by atoms with van der Waals surface area (Å²) in [5, 5.41) is 2.81. The Morgan fingerprint density at radius 1 is 1.15 bits per heavy atom. The number of hydrogen-bond donors (Lipinski definition) is 1. The monoisotopic (exact) mass is 351 g/mol. The van der Waals surface area contributed by atoms with Crippen LogP contribution < -0.4 is 10.2 Å². The third-order valence-corrected chi connectivity index (χ3v) is 4.58. The summed E-state index contributed by atoms with van der Waals surface area (Å²) in [6.07, 6.45) is 0. The lowest BCUT2D eigenvalue weighted by atomic mass is 10.0. The average molecular weight is 351 g/mol. The van der Waals surface area contributed by atoms with Gasteiger partial charge in [-0.2, -0.15) is 0 Å². The zero-order chi connectivity index (χ0) is 18.7. The number of hydrogen-bond acceptors (Lipinski definition) is 3. The van der Waals surface area contributed by atoms with E-state index in [1.54, 1.807) is 4.90 Å². The Hall–Kier alpha value is -2.66. The summed E-state index contributed by atoms with van der Waals surface area (Å²) in [4.78, 5) is 28.2. The molecule has 0 atom stereocenters. The van der Waals surface area contributed by atoms with Crippen LogP contribution in [0.3, 0.4) is 0 Å². The highest BCUT2D eigenvalue weighted by atomic mass is 16.2. The van der Waals surface area contributed by atoms with Crippen molar-refractivity contribution < 1.29 is 9.59 Å². The first-order valence-electron chi connectivity index (χ1n) is 8.90. The summed E-state index contributed by atoms with van der Waals surface area (Å²) >= 11 is 0. The predicted molar refractivity (Wildman–Crippen MR) is 104 cm³/mol. The van der Waals surface area contributed by atoms with Gasteiger partial charge in [0, 0.05) is 6.54 Å². The molecular formula is C21H25N3O2. The number of fused-ring (bicyclic) bond motifs is 1. The maximum absolute atomic E-state index is 12.8. The summed E-state index contributed by atoms with van der Waals surface area (Å²) in [5.74, 6) is 0.270. The van der Waals surface area contributed by atoms with E-state index in [1.165, 1.54) is 11.1 Å². The van der Waals surface area contributed by atoms with E-state index in [0.717, 1.165) is 5.69 Å². The van der Waals surface area contributed by atoms with Gasteiger partial charge in [0.15, 0.2) is 0 Å². The number of likely N-dealkylation sites (N-methyl/N-ethyl adjacent to an activating group) is 1. The standard InChI is InChI=1S/C21H25N3O2/c1-15(2)17-10-8-16(9-11-17)12-23(3)14-21(26)24-13-20(25)22-18-6-4-5-7-19(18)24/h4-11,15H,12-14H2,1-3H3,(H,22,25). The number of amides is 2. The van der Waals surface area contributed by atoms with Crippen molar-refractivity contribution in [3.63, 3.8) is 0 Å². The first-order valence-corrected chi connectivity index (χ1v) is 8.90. The molecule has 1 aliphatic rings. The van der Waals surface area contributed by atoms with Crippen molar-refractivity contribution in [1.29, 1.82) is 0 Å². The lowest BCUT2D eigenvalue weighted by Crippen LogP contribution is -2.45. The Labute approximate surface area is 154 Å². The van der Waals surface area contributed by atoms with E-state index < -0.39 is 0 Å². The summed E-state index contributed by atoms with van der Waals surface area (Å²) in [5.41, 5.74) is 3.92. The van der Waals surface area contributed by atoms with Gasteiger partial charge < -0.3 is 5.32 Å². The van der Waals surface area contributed by atoms with E-state index in [0.29, 0.717) is 18.2 Å². The van der Waals surface area contributed by atoms with E-state index in [-0.39, 0.29) is 24.9 Å². The van der Waals surface area contributed by atoms with E-state index in [9.17, 15) is 9.59 Å². The van der Waals surface area contributed by atoms with Crippen molar-refractivity contribution in [3.8, 4) is 0 Å². The average Bonchev–Trinajstić information content (AvgIpc) is 2.61. The van der Waals surface area contributed by atoms with Crippen LogP contribution in [0.15, 0.2) is 48.5 Å². The second kappa shape index (κ2) is 7.70. The second-order valence-corrected chi connectivity index (χ2v) is 7.11. The van der Waals surface area contributed by atoms with Crippen LogP contribution in [0.5, 0.6) is 0 Å². The Bertz CT molecular complexity index is 799. The van der Waals surface area contributed by atoms with Crippen LogP contribution in [-0.4, -0.2) is 36.9 Å². The molecule has 0 radical (unpaired) electrons. The first kappa shape index (κ1) is 18.1. The van der Waals surface area contributed by atoms with E-state index in [4.69, 9.17) is 0 Å². The van der Waals surface area contributed by atoms with Gasteiger partial charge >= 0.3 is 0 Å². The minimum absolute atomic E-state index is 0.0623. The van der Waals surface area contributed by atoms with Gasteiger partial charge in [-0.3, -0.25) is 19.4 Å². The van der Waals surface area contributed by atoms with Crippen LogP contribution in [0.4, 0.5) is 11.4 Å². The molecule has 2 aromatic rings. The zero-order valence-corrected chi connectivity index (χ0v) is 15.5. The van der Waals surface area contributed by atoms with Gasteiger partial charge in [-0.25, -0.2) is 0 Å². The first-order chi connectivity index (χ1) is 12.4. The molecule has 26 heavy (non-hydrogen) atoms. The number of benzene rings is 2. The van der Waals surface area contributed by atoms with Crippen LogP contribution in [0.1, 0.15) is 30.9 Å². The summed E-state index contributed by atoms with van der Waals surface area (Å²) < 4.78 is 0. The largest absolute Gasteiger partial charge is 0.323 e. The van der Waals surface area contributed by atoms with Crippen LogP contribution in [0.2, 0.25) is 0 Å². The number of rotatable bonds is 5. The van der Waals surface area contributed by atoms with Crippen LogP contribution in [0.25, 0.3) is 0 Å².